The smallest absolute Gasteiger partial charge is 0.0685 e. The number of rotatable bonds is 15. The van der Waals surface area contributed by atoms with Gasteiger partial charge in [0, 0.05) is 48.2 Å². The SMILES string of the molecule is CCCCCNCCNCCNOCCCc1cc2cc3ccc(cc4nc(cc5nc(cc1[nH]2)C=C5)C=C4)[nH]3. The van der Waals surface area contributed by atoms with Gasteiger partial charge in [-0.3, -0.25) is 0 Å². The van der Waals surface area contributed by atoms with Gasteiger partial charge in [-0.2, -0.15) is 0 Å². The largest absolute Gasteiger partial charge is 0.355 e. The lowest BCUT2D eigenvalue weighted by Gasteiger charge is -2.08. The highest BCUT2D eigenvalue weighted by Crippen LogP contribution is 2.20. The number of H-pyrrole nitrogens is 2. The van der Waals surface area contributed by atoms with Crippen molar-refractivity contribution in [2.75, 3.05) is 39.3 Å². The van der Waals surface area contributed by atoms with Crippen LogP contribution in [-0.4, -0.2) is 59.3 Å². The number of hydroxylamine groups is 1. The van der Waals surface area contributed by atoms with E-state index in [1.54, 1.807) is 0 Å². The Hall–Kier alpha value is -3.56. The predicted octanol–water partition coefficient (Wildman–Crippen LogP) is 5.48. The number of aromatic nitrogens is 4. The number of aryl methyl sites for hydroxylation is 1. The van der Waals surface area contributed by atoms with Gasteiger partial charge in [0.05, 0.1) is 29.4 Å². The molecule has 3 aromatic heterocycles. The third kappa shape index (κ3) is 8.47. The fraction of sp³-hybridized carbons (Fsp3) is 0.375. The van der Waals surface area contributed by atoms with Crippen molar-refractivity contribution in [2.45, 2.75) is 39.0 Å². The summed E-state index contributed by atoms with van der Waals surface area (Å²) in [5.74, 6) is 0. The minimum Gasteiger partial charge on any atom is -0.355 e. The van der Waals surface area contributed by atoms with Crippen LogP contribution in [0.1, 0.15) is 60.9 Å². The van der Waals surface area contributed by atoms with E-state index in [2.05, 4.69) is 69.4 Å². The van der Waals surface area contributed by atoms with E-state index in [0.29, 0.717) is 6.61 Å². The highest BCUT2D eigenvalue weighted by Gasteiger charge is 2.06. The molecule has 0 aromatic carbocycles. The maximum Gasteiger partial charge on any atom is 0.0685 e. The van der Waals surface area contributed by atoms with Crippen molar-refractivity contribution in [1.29, 1.82) is 0 Å². The highest BCUT2D eigenvalue weighted by molar-refractivity contribution is 5.78. The Morgan fingerprint density at radius 3 is 2.10 bits per heavy atom. The van der Waals surface area contributed by atoms with Crippen LogP contribution in [0.4, 0.5) is 0 Å². The van der Waals surface area contributed by atoms with Crippen LogP contribution in [0.2, 0.25) is 0 Å². The molecule has 2 aliphatic heterocycles. The van der Waals surface area contributed by atoms with E-state index in [1.807, 2.05) is 30.4 Å². The van der Waals surface area contributed by atoms with E-state index < -0.39 is 0 Å². The summed E-state index contributed by atoms with van der Waals surface area (Å²) >= 11 is 0. The molecule has 5 rings (SSSR count). The molecule has 210 valence electrons. The second kappa shape index (κ2) is 14.7. The molecule has 40 heavy (non-hydrogen) atoms. The lowest BCUT2D eigenvalue weighted by molar-refractivity contribution is 0.0406. The number of aromatic amines is 2. The molecule has 8 nitrogen and oxygen atoms in total. The topological polar surface area (TPSA) is 103 Å². The molecule has 8 bridgehead atoms. The van der Waals surface area contributed by atoms with Crippen LogP contribution < -0.4 is 16.1 Å². The van der Waals surface area contributed by atoms with E-state index in [0.717, 1.165) is 90.4 Å². The van der Waals surface area contributed by atoms with Gasteiger partial charge < -0.3 is 25.4 Å². The highest BCUT2D eigenvalue weighted by atomic mass is 16.6. The van der Waals surface area contributed by atoms with Crippen molar-refractivity contribution in [3.63, 3.8) is 0 Å². The number of hydrogen-bond donors (Lipinski definition) is 5. The molecule has 0 saturated heterocycles. The third-order valence-corrected chi connectivity index (χ3v) is 6.89. The molecule has 0 fully saturated rings. The average Bonchev–Trinajstić information content (AvgIpc) is 3.75. The molecule has 0 spiro atoms. The molecular weight excluding hydrogens is 498 g/mol. The van der Waals surface area contributed by atoms with E-state index >= 15 is 0 Å². The summed E-state index contributed by atoms with van der Waals surface area (Å²) in [6.07, 6.45) is 13.8. The zero-order valence-electron chi connectivity index (χ0n) is 23.4. The second-order valence-electron chi connectivity index (χ2n) is 10.3. The molecular formula is C32H41N7O. The van der Waals surface area contributed by atoms with Crippen LogP contribution in [0.5, 0.6) is 0 Å². The molecule has 8 heteroatoms. The van der Waals surface area contributed by atoms with E-state index in [1.165, 1.54) is 24.8 Å². The molecule has 5 heterocycles. The molecule has 0 radical (unpaired) electrons. The molecule has 0 atom stereocenters. The Kier molecular flexibility index (Phi) is 10.3. The zero-order chi connectivity index (χ0) is 27.4. The minimum atomic E-state index is 0.653. The number of fused-ring (bicyclic) bond motifs is 8. The van der Waals surface area contributed by atoms with E-state index in [9.17, 15) is 0 Å². The third-order valence-electron chi connectivity index (χ3n) is 6.89. The van der Waals surface area contributed by atoms with Gasteiger partial charge in [-0.15, -0.1) is 0 Å². The molecule has 0 unspecified atom stereocenters. The van der Waals surface area contributed by atoms with Crippen molar-refractivity contribution in [3.8, 4) is 0 Å². The molecule has 2 aliphatic rings. The van der Waals surface area contributed by atoms with Crippen molar-refractivity contribution < 1.29 is 4.84 Å². The Morgan fingerprint density at radius 1 is 0.650 bits per heavy atom. The van der Waals surface area contributed by atoms with Gasteiger partial charge in [0.15, 0.2) is 0 Å². The summed E-state index contributed by atoms with van der Waals surface area (Å²) in [6.45, 7) is 7.66. The van der Waals surface area contributed by atoms with Crippen LogP contribution in [0.3, 0.4) is 0 Å². The number of unbranched alkanes of at least 4 members (excludes halogenated alkanes) is 2. The van der Waals surface area contributed by atoms with Gasteiger partial charge in [-0.05, 0) is 98.1 Å². The standard InChI is InChI=1S/C32H41N7O/c1-2-3-4-13-33-14-15-34-16-17-35-40-18-5-6-24-19-31-22-29-10-9-27(37-29)20-25-7-8-26(36-25)21-28-11-12-30(38-28)23-32(24)39-31/h7-12,19-23,33-35,37,39H,2-6,13-18H2,1H3. The number of hydrogen-bond acceptors (Lipinski definition) is 6. The van der Waals surface area contributed by atoms with Crippen LogP contribution >= 0.6 is 0 Å². The summed E-state index contributed by atoms with van der Waals surface area (Å²) in [5.41, 5.74) is 12.2. The summed E-state index contributed by atoms with van der Waals surface area (Å²) < 4.78 is 0. The Morgan fingerprint density at radius 2 is 1.32 bits per heavy atom. The lowest BCUT2D eigenvalue weighted by atomic mass is 10.1. The summed E-state index contributed by atoms with van der Waals surface area (Å²) in [5, 5.41) is 6.90. The first-order chi connectivity index (χ1) is 19.7. The molecule has 0 aliphatic carbocycles. The molecule has 3 aromatic rings. The maximum atomic E-state index is 5.69. The number of nitrogens with zero attached hydrogens (tertiary/aromatic N) is 2. The number of nitrogens with one attached hydrogen (secondary N) is 5. The van der Waals surface area contributed by atoms with Crippen LogP contribution in [0, 0.1) is 0 Å². The van der Waals surface area contributed by atoms with E-state index in [-0.39, 0.29) is 0 Å². The fourth-order valence-electron chi connectivity index (χ4n) is 4.83. The summed E-state index contributed by atoms with van der Waals surface area (Å²) in [4.78, 5) is 22.2. The van der Waals surface area contributed by atoms with Gasteiger partial charge in [-0.1, -0.05) is 19.8 Å². The Balaban J connectivity index is 1.17. The van der Waals surface area contributed by atoms with E-state index in [4.69, 9.17) is 14.8 Å². The van der Waals surface area contributed by atoms with Crippen LogP contribution in [0.25, 0.3) is 46.4 Å². The van der Waals surface area contributed by atoms with Gasteiger partial charge in [0.1, 0.15) is 0 Å². The summed E-state index contributed by atoms with van der Waals surface area (Å²) in [6, 6.07) is 14.7. The second-order valence-corrected chi connectivity index (χ2v) is 10.3. The van der Waals surface area contributed by atoms with Gasteiger partial charge in [0.25, 0.3) is 0 Å². The molecule has 5 N–H and O–H groups in total. The van der Waals surface area contributed by atoms with Crippen LogP contribution in [-0.2, 0) is 11.3 Å². The molecule has 0 saturated carbocycles. The first-order valence-electron chi connectivity index (χ1n) is 14.6. The normalized spacial score (nSPS) is 12.4. The van der Waals surface area contributed by atoms with Crippen LogP contribution in [0.15, 0.2) is 42.5 Å². The summed E-state index contributed by atoms with van der Waals surface area (Å²) in [7, 11) is 0. The maximum absolute atomic E-state index is 5.69. The lowest BCUT2D eigenvalue weighted by Crippen LogP contribution is -2.33. The quantitative estimate of drug-likeness (QED) is 0.0892. The van der Waals surface area contributed by atoms with Crippen molar-refractivity contribution in [3.05, 3.63) is 70.8 Å². The Labute approximate surface area is 236 Å². The first-order valence-corrected chi connectivity index (χ1v) is 14.6. The first kappa shape index (κ1) is 28.0. The van der Waals surface area contributed by atoms with Gasteiger partial charge >= 0.3 is 0 Å². The average molecular weight is 540 g/mol. The predicted molar refractivity (Wildman–Crippen MR) is 166 cm³/mol. The van der Waals surface area contributed by atoms with Crippen molar-refractivity contribution in [1.82, 2.24) is 36.0 Å². The minimum absolute atomic E-state index is 0.653. The Bertz CT molecular complexity index is 1470. The zero-order valence-corrected chi connectivity index (χ0v) is 23.4. The van der Waals surface area contributed by atoms with Crippen molar-refractivity contribution >= 4 is 46.4 Å². The molecule has 0 amide bonds. The van der Waals surface area contributed by atoms with Crippen molar-refractivity contribution in [2.24, 2.45) is 0 Å². The van der Waals surface area contributed by atoms with Gasteiger partial charge in [0.2, 0.25) is 0 Å². The monoisotopic (exact) mass is 539 g/mol. The fourth-order valence-corrected chi connectivity index (χ4v) is 4.83. The van der Waals surface area contributed by atoms with Gasteiger partial charge in [-0.25, -0.2) is 15.4 Å².